The molecule has 1 amide bonds. The van der Waals surface area contributed by atoms with Gasteiger partial charge in [0, 0.05) is 16.6 Å². The number of hydrogen-bond acceptors (Lipinski definition) is 3. The van der Waals surface area contributed by atoms with Crippen LogP contribution in [0.1, 0.15) is 5.56 Å². The summed E-state index contributed by atoms with van der Waals surface area (Å²) in [5.74, 6) is 0.00851. The Morgan fingerprint density at radius 2 is 1.70 bits per heavy atom. The first-order chi connectivity index (χ1) is 14.4. The standard InChI is InChI=1S/C23H16F3NO3/c24-23(25,26)30-19-6-3-4-15(12-19)13-22(28)27-18-10-8-16(9-11-18)21-14-17-5-1-2-7-20(17)29-21/h1-12,14H,13H2,(H,27,28). The summed E-state index contributed by atoms with van der Waals surface area (Å²) in [6.45, 7) is 0. The molecule has 0 atom stereocenters. The monoisotopic (exact) mass is 411 g/mol. The molecule has 0 saturated heterocycles. The van der Waals surface area contributed by atoms with E-state index in [0.29, 0.717) is 11.3 Å². The van der Waals surface area contributed by atoms with Gasteiger partial charge >= 0.3 is 6.36 Å². The second-order valence-electron chi connectivity index (χ2n) is 6.65. The lowest BCUT2D eigenvalue weighted by molar-refractivity contribution is -0.274. The van der Waals surface area contributed by atoms with Crippen LogP contribution < -0.4 is 10.1 Å². The van der Waals surface area contributed by atoms with Crippen LogP contribution in [0, 0.1) is 0 Å². The van der Waals surface area contributed by atoms with Gasteiger partial charge in [-0.3, -0.25) is 4.79 Å². The number of carbonyl (C=O) groups is 1. The van der Waals surface area contributed by atoms with Crippen molar-refractivity contribution in [2.45, 2.75) is 12.8 Å². The maximum atomic E-state index is 12.3. The largest absolute Gasteiger partial charge is 0.573 e. The molecule has 152 valence electrons. The topological polar surface area (TPSA) is 51.5 Å². The quantitative estimate of drug-likeness (QED) is 0.427. The molecule has 0 unspecified atom stereocenters. The molecule has 0 radical (unpaired) electrons. The first-order valence-corrected chi connectivity index (χ1v) is 9.09. The van der Waals surface area contributed by atoms with E-state index in [-0.39, 0.29) is 18.1 Å². The van der Waals surface area contributed by atoms with Gasteiger partial charge in [0.15, 0.2) is 0 Å². The van der Waals surface area contributed by atoms with E-state index < -0.39 is 6.36 Å². The predicted molar refractivity (Wildman–Crippen MR) is 107 cm³/mol. The maximum Gasteiger partial charge on any atom is 0.573 e. The van der Waals surface area contributed by atoms with Gasteiger partial charge in [-0.15, -0.1) is 13.2 Å². The van der Waals surface area contributed by atoms with Crippen LogP contribution in [-0.4, -0.2) is 12.3 Å². The Balaban J connectivity index is 1.41. The molecule has 4 nitrogen and oxygen atoms in total. The number of halogens is 3. The highest BCUT2D eigenvalue weighted by Gasteiger charge is 2.31. The molecular formula is C23H16F3NO3. The van der Waals surface area contributed by atoms with E-state index in [1.807, 2.05) is 42.5 Å². The number of furan rings is 1. The third-order valence-electron chi connectivity index (χ3n) is 4.38. The Labute approximate surface area is 169 Å². The molecule has 0 fully saturated rings. The Morgan fingerprint density at radius 1 is 0.933 bits per heavy atom. The van der Waals surface area contributed by atoms with Crippen molar-refractivity contribution in [2.24, 2.45) is 0 Å². The Morgan fingerprint density at radius 3 is 2.43 bits per heavy atom. The van der Waals surface area contributed by atoms with Gasteiger partial charge in [-0.25, -0.2) is 0 Å². The van der Waals surface area contributed by atoms with Crippen molar-refractivity contribution < 1.29 is 27.1 Å². The molecule has 0 bridgehead atoms. The van der Waals surface area contributed by atoms with Crippen LogP contribution in [0.15, 0.2) is 83.3 Å². The number of para-hydroxylation sites is 1. The van der Waals surface area contributed by atoms with Gasteiger partial charge in [0.05, 0.1) is 6.42 Å². The molecule has 4 aromatic rings. The van der Waals surface area contributed by atoms with Crippen LogP contribution in [-0.2, 0) is 11.2 Å². The maximum absolute atomic E-state index is 12.3. The molecule has 3 aromatic carbocycles. The van der Waals surface area contributed by atoms with Crippen LogP contribution in [0.3, 0.4) is 0 Å². The Kier molecular flexibility index (Phi) is 5.18. The average Bonchev–Trinajstić information content (AvgIpc) is 3.11. The highest BCUT2D eigenvalue weighted by Crippen LogP contribution is 2.28. The van der Waals surface area contributed by atoms with Gasteiger partial charge in [-0.1, -0.05) is 30.3 Å². The average molecular weight is 411 g/mol. The normalized spacial score (nSPS) is 11.4. The number of benzene rings is 3. The van der Waals surface area contributed by atoms with Gasteiger partial charge in [-0.2, -0.15) is 0 Å². The molecule has 1 N–H and O–H groups in total. The van der Waals surface area contributed by atoms with Crippen LogP contribution in [0.25, 0.3) is 22.3 Å². The molecule has 0 aliphatic carbocycles. The van der Waals surface area contributed by atoms with Gasteiger partial charge in [0.2, 0.25) is 5.91 Å². The number of alkyl halides is 3. The number of fused-ring (bicyclic) bond motifs is 1. The fourth-order valence-electron chi connectivity index (χ4n) is 3.09. The summed E-state index contributed by atoms with van der Waals surface area (Å²) < 4.78 is 46.7. The first kappa shape index (κ1) is 19.6. The fraction of sp³-hybridized carbons (Fsp3) is 0.0870. The summed E-state index contributed by atoms with van der Waals surface area (Å²) >= 11 is 0. The molecule has 1 heterocycles. The number of ether oxygens (including phenoxy) is 1. The lowest BCUT2D eigenvalue weighted by Crippen LogP contribution is -2.17. The van der Waals surface area contributed by atoms with E-state index in [1.165, 1.54) is 18.2 Å². The highest BCUT2D eigenvalue weighted by atomic mass is 19.4. The Hall–Kier alpha value is -3.74. The minimum absolute atomic E-state index is 0.0830. The van der Waals surface area contributed by atoms with Crippen LogP contribution in [0.5, 0.6) is 5.75 Å². The SMILES string of the molecule is O=C(Cc1cccc(OC(F)(F)F)c1)Nc1ccc(-c2cc3ccccc3o2)cc1. The summed E-state index contributed by atoms with van der Waals surface area (Å²) in [5, 5.41) is 3.73. The summed E-state index contributed by atoms with van der Waals surface area (Å²) in [7, 11) is 0. The zero-order valence-corrected chi connectivity index (χ0v) is 15.6. The van der Waals surface area contributed by atoms with E-state index in [4.69, 9.17) is 4.42 Å². The molecular weight excluding hydrogens is 395 g/mol. The van der Waals surface area contributed by atoms with Gasteiger partial charge in [0.25, 0.3) is 0 Å². The molecule has 30 heavy (non-hydrogen) atoms. The Bertz CT molecular complexity index is 1150. The zero-order valence-electron chi connectivity index (χ0n) is 15.6. The van der Waals surface area contributed by atoms with E-state index in [9.17, 15) is 18.0 Å². The third-order valence-corrected chi connectivity index (χ3v) is 4.38. The molecule has 0 aliphatic heterocycles. The smallest absolute Gasteiger partial charge is 0.456 e. The van der Waals surface area contributed by atoms with E-state index >= 15 is 0 Å². The molecule has 0 saturated carbocycles. The first-order valence-electron chi connectivity index (χ1n) is 9.09. The summed E-state index contributed by atoms with van der Waals surface area (Å²) in [6.07, 6.45) is -4.86. The minimum Gasteiger partial charge on any atom is -0.456 e. The second-order valence-corrected chi connectivity index (χ2v) is 6.65. The third kappa shape index (κ3) is 4.81. The van der Waals surface area contributed by atoms with Crippen LogP contribution in [0.2, 0.25) is 0 Å². The van der Waals surface area contributed by atoms with Crippen molar-refractivity contribution in [3.05, 3.63) is 84.4 Å². The van der Waals surface area contributed by atoms with Gasteiger partial charge in [0.1, 0.15) is 17.1 Å². The molecule has 4 rings (SSSR count). The summed E-state index contributed by atoms with van der Waals surface area (Å²) in [5.41, 5.74) is 2.64. The molecule has 1 aromatic heterocycles. The van der Waals surface area contributed by atoms with E-state index in [0.717, 1.165) is 22.3 Å². The van der Waals surface area contributed by atoms with E-state index in [2.05, 4.69) is 10.1 Å². The lowest BCUT2D eigenvalue weighted by atomic mass is 10.1. The number of hydrogen-bond donors (Lipinski definition) is 1. The summed E-state index contributed by atoms with van der Waals surface area (Å²) in [6, 6.07) is 22.1. The minimum atomic E-state index is -4.78. The van der Waals surface area contributed by atoms with Crippen LogP contribution >= 0.6 is 0 Å². The predicted octanol–water partition coefficient (Wildman–Crippen LogP) is 6.18. The number of rotatable bonds is 5. The van der Waals surface area contributed by atoms with Gasteiger partial charge in [-0.05, 0) is 54.1 Å². The zero-order chi connectivity index (χ0) is 21.1. The van der Waals surface area contributed by atoms with Crippen molar-refractivity contribution in [2.75, 3.05) is 5.32 Å². The van der Waals surface area contributed by atoms with Crippen molar-refractivity contribution >= 4 is 22.6 Å². The number of nitrogens with one attached hydrogen (secondary N) is 1. The number of anilines is 1. The van der Waals surface area contributed by atoms with Crippen molar-refractivity contribution in [3.63, 3.8) is 0 Å². The van der Waals surface area contributed by atoms with E-state index in [1.54, 1.807) is 18.2 Å². The van der Waals surface area contributed by atoms with Crippen molar-refractivity contribution in [3.8, 4) is 17.1 Å². The second kappa shape index (κ2) is 7.94. The molecule has 7 heteroatoms. The van der Waals surface area contributed by atoms with Gasteiger partial charge < -0.3 is 14.5 Å². The van der Waals surface area contributed by atoms with Crippen molar-refractivity contribution in [1.29, 1.82) is 0 Å². The highest BCUT2D eigenvalue weighted by molar-refractivity contribution is 5.92. The fourth-order valence-corrected chi connectivity index (χ4v) is 3.09. The summed E-state index contributed by atoms with van der Waals surface area (Å²) in [4.78, 5) is 12.3. The van der Waals surface area contributed by atoms with Crippen LogP contribution in [0.4, 0.5) is 18.9 Å². The molecule has 0 spiro atoms. The number of carbonyl (C=O) groups excluding carboxylic acids is 1. The molecule has 0 aliphatic rings. The lowest BCUT2D eigenvalue weighted by Gasteiger charge is -2.10. The van der Waals surface area contributed by atoms with Crippen molar-refractivity contribution in [1.82, 2.24) is 0 Å². The number of amides is 1.